The highest BCUT2D eigenvalue weighted by atomic mass is 32.2. The fourth-order valence-electron chi connectivity index (χ4n) is 3.51. The Morgan fingerprint density at radius 1 is 1.00 bits per heavy atom. The maximum Gasteiger partial charge on any atom is 0.263 e. The highest BCUT2D eigenvalue weighted by Crippen LogP contribution is 2.25. The number of amides is 1. The number of hydrogen-bond donors (Lipinski definition) is 0. The zero-order valence-corrected chi connectivity index (χ0v) is 18.2. The van der Waals surface area contributed by atoms with Gasteiger partial charge >= 0.3 is 0 Å². The van der Waals surface area contributed by atoms with Crippen molar-refractivity contribution in [2.75, 3.05) is 26.2 Å². The fraction of sp³-hybridized carbons (Fsp3) is 0.409. The molecule has 0 aliphatic carbocycles. The van der Waals surface area contributed by atoms with Gasteiger partial charge in [-0.2, -0.15) is 4.31 Å². The minimum Gasteiger partial charge on any atom is -0.481 e. The number of rotatable bonds is 5. The molecule has 0 N–H and O–H groups in total. The Kier molecular flexibility index (Phi) is 6.29. The Hall–Kier alpha value is -2.38. The van der Waals surface area contributed by atoms with Crippen LogP contribution in [0.4, 0.5) is 0 Å². The second-order valence-corrected chi connectivity index (χ2v) is 9.45. The van der Waals surface area contributed by atoms with E-state index in [1.807, 2.05) is 26.8 Å². The summed E-state index contributed by atoms with van der Waals surface area (Å²) in [6.45, 7) is 9.00. The molecule has 0 saturated carbocycles. The van der Waals surface area contributed by atoms with E-state index in [2.05, 4.69) is 6.07 Å². The molecule has 1 aliphatic rings. The molecule has 0 aromatic heterocycles. The van der Waals surface area contributed by atoms with E-state index in [4.69, 9.17) is 4.74 Å². The van der Waals surface area contributed by atoms with Gasteiger partial charge in [0.15, 0.2) is 6.10 Å². The van der Waals surface area contributed by atoms with Gasteiger partial charge in [0.2, 0.25) is 10.0 Å². The molecule has 1 amide bonds. The van der Waals surface area contributed by atoms with Gasteiger partial charge in [0.1, 0.15) is 5.75 Å². The van der Waals surface area contributed by atoms with Crippen molar-refractivity contribution in [2.45, 2.75) is 38.7 Å². The number of hydrogen-bond acceptors (Lipinski definition) is 4. The van der Waals surface area contributed by atoms with Gasteiger partial charge in [-0.25, -0.2) is 8.42 Å². The monoisotopic (exact) mass is 416 g/mol. The summed E-state index contributed by atoms with van der Waals surface area (Å²) in [7, 11) is -3.53. The molecular weight excluding hydrogens is 388 g/mol. The Balaban J connectivity index is 1.63. The first-order valence-electron chi connectivity index (χ1n) is 9.78. The lowest BCUT2D eigenvalue weighted by atomic mass is 10.1. The van der Waals surface area contributed by atoms with Crippen LogP contribution in [0.25, 0.3) is 0 Å². The Bertz CT molecular complexity index is 981. The number of ether oxygens (including phenoxy) is 1. The molecule has 2 aromatic carbocycles. The zero-order valence-electron chi connectivity index (χ0n) is 17.4. The minimum absolute atomic E-state index is 0.125. The maximum absolute atomic E-state index is 12.8. The molecule has 6 nitrogen and oxygen atoms in total. The summed E-state index contributed by atoms with van der Waals surface area (Å²) in [5.41, 5.74) is 3.23. The molecule has 29 heavy (non-hydrogen) atoms. The van der Waals surface area contributed by atoms with Gasteiger partial charge in [-0.1, -0.05) is 24.3 Å². The summed E-state index contributed by atoms with van der Waals surface area (Å²) < 4.78 is 32.9. The normalized spacial score (nSPS) is 16.5. The van der Waals surface area contributed by atoms with Crippen LogP contribution in [0.5, 0.6) is 5.75 Å². The summed E-state index contributed by atoms with van der Waals surface area (Å²) in [6, 6.07) is 12.4. The van der Waals surface area contributed by atoms with Crippen LogP contribution in [-0.4, -0.2) is 55.8 Å². The van der Waals surface area contributed by atoms with E-state index in [0.29, 0.717) is 18.8 Å². The SMILES string of the molecule is Cc1cc(C)c(C)c(O[C@@H](C)C(=O)N2CCN(S(=O)(=O)c3ccccc3)CC2)c1. The summed E-state index contributed by atoms with van der Waals surface area (Å²) in [4.78, 5) is 14.8. The third-order valence-electron chi connectivity index (χ3n) is 5.35. The van der Waals surface area contributed by atoms with E-state index in [1.54, 1.807) is 42.2 Å². The quantitative estimate of drug-likeness (QED) is 0.752. The van der Waals surface area contributed by atoms with Crippen molar-refractivity contribution in [3.8, 4) is 5.75 Å². The van der Waals surface area contributed by atoms with Crippen molar-refractivity contribution in [1.82, 2.24) is 9.21 Å². The van der Waals surface area contributed by atoms with Gasteiger partial charge in [0.05, 0.1) is 4.90 Å². The predicted octanol–water partition coefficient (Wildman–Crippen LogP) is 2.91. The van der Waals surface area contributed by atoms with Gasteiger partial charge in [-0.3, -0.25) is 4.79 Å². The van der Waals surface area contributed by atoms with Crippen LogP contribution >= 0.6 is 0 Å². The highest BCUT2D eigenvalue weighted by molar-refractivity contribution is 7.89. The molecule has 1 fully saturated rings. The molecule has 1 atom stereocenters. The molecule has 3 rings (SSSR count). The lowest BCUT2D eigenvalue weighted by Crippen LogP contribution is -2.53. The third kappa shape index (κ3) is 4.62. The van der Waals surface area contributed by atoms with Crippen LogP contribution < -0.4 is 4.74 Å². The van der Waals surface area contributed by atoms with E-state index in [1.165, 1.54) is 4.31 Å². The number of aryl methyl sites for hydroxylation is 2. The molecule has 0 bridgehead atoms. The summed E-state index contributed by atoms with van der Waals surface area (Å²) in [6.07, 6.45) is -0.632. The van der Waals surface area contributed by atoms with E-state index < -0.39 is 16.1 Å². The topological polar surface area (TPSA) is 66.9 Å². The van der Waals surface area contributed by atoms with Crippen molar-refractivity contribution < 1.29 is 17.9 Å². The first-order chi connectivity index (χ1) is 13.7. The van der Waals surface area contributed by atoms with Crippen molar-refractivity contribution in [3.63, 3.8) is 0 Å². The van der Waals surface area contributed by atoms with Crippen LogP contribution in [0.1, 0.15) is 23.6 Å². The number of piperazine rings is 1. The minimum atomic E-state index is -3.53. The van der Waals surface area contributed by atoms with Crippen LogP contribution in [0.15, 0.2) is 47.4 Å². The molecular formula is C22H28N2O4S. The third-order valence-corrected chi connectivity index (χ3v) is 7.26. The van der Waals surface area contributed by atoms with Gasteiger partial charge in [-0.05, 0) is 62.6 Å². The van der Waals surface area contributed by atoms with Crippen molar-refractivity contribution in [3.05, 3.63) is 59.2 Å². The average Bonchev–Trinajstić information content (AvgIpc) is 2.71. The van der Waals surface area contributed by atoms with Crippen LogP contribution in [0.2, 0.25) is 0 Å². The molecule has 1 aliphatic heterocycles. The van der Waals surface area contributed by atoms with Crippen molar-refractivity contribution >= 4 is 15.9 Å². The van der Waals surface area contributed by atoms with Crippen LogP contribution in [0.3, 0.4) is 0 Å². The molecule has 7 heteroatoms. The second kappa shape index (κ2) is 8.55. The number of benzene rings is 2. The van der Waals surface area contributed by atoms with Gasteiger partial charge in [-0.15, -0.1) is 0 Å². The van der Waals surface area contributed by atoms with Crippen LogP contribution in [0, 0.1) is 20.8 Å². The largest absolute Gasteiger partial charge is 0.481 e. The highest BCUT2D eigenvalue weighted by Gasteiger charge is 2.32. The first kappa shape index (κ1) is 21.3. The van der Waals surface area contributed by atoms with E-state index >= 15 is 0 Å². The molecule has 0 spiro atoms. The fourth-order valence-corrected chi connectivity index (χ4v) is 4.95. The second-order valence-electron chi connectivity index (χ2n) is 7.51. The molecule has 1 saturated heterocycles. The Morgan fingerprint density at radius 2 is 1.62 bits per heavy atom. The molecule has 2 aromatic rings. The molecule has 0 radical (unpaired) electrons. The zero-order chi connectivity index (χ0) is 21.2. The van der Waals surface area contributed by atoms with Gasteiger partial charge in [0, 0.05) is 26.2 Å². The Morgan fingerprint density at radius 3 is 2.24 bits per heavy atom. The van der Waals surface area contributed by atoms with Gasteiger partial charge in [0.25, 0.3) is 5.91 Å². The number of sulfonamides is 1. The number of nitrogens with zero attached hydrogens (tertiary/aromatic N) is 2. The molecule has 156 valence electrons. The van der Waals surface area contributed by atoms with Crippen molar-refractivity contribution in [2.24, 2.45) is 0 Å². The van der Waals surface area contributed by atoms with E-state index in [-0.39, 0.29) is 23.9 Å². The molecule has 0 unspecified atom stereocenters. The number of carbonyl (C=O) groups is 1. The molecule has 1 heterocycles. The maximum atomic E-state index is 12.8. The van der Waals surface area contributed by atoms with Crippen LogP contribution in [-0.2, 0) is 14.8 Å². The summed E-state index contributed by atoms with van der Waals surface area (Å²) in [5, 5.41) is 0. The van der Waals surface area contributed by atoms with Gasteiger partial charge < -0.3 is 9.64 Å². The van der Waals surface area contributed by atoms with E-state index in [0.717, 1.165) is 16.7 Å². The predicted molar refractivity (Wildman–Crippen MR) is 113 cm³/mol. The lowest BCUT2D eigenvalue weighted by molar-refractivity contribution is -0.139. The lowest BCUT2D eigenvalue weighted by Gasteiger charge is -2.35. The van der Waals surface area contributed by atoms with E-state index in [9.17, 15) is 13.2 Å². The smallest absolute Gasteiger partial charge is 0.263 e. The average molecular weight is 417 g/mol. The summed E-state index contributed by atoms with van der Waals surface area (Å²) >= 11 is 0. The standard InChI is InChI=1S/C22H28N2O4S/c1-16-14-17(2)18(3)21(15-16)28-19(4)22(25)23-10-12-24(13-11-23)29(26,27)20-8-6-5-7-9-20/h5-9,14-15,19H,10-13H2,1-4H3/t19-/m0/s1. The first-order valence-corrected chi connectivity index (χ1v) is 11.2. The Labute approximate surface area is 173 Å². The van der Waals surface area contributed by atoms with Crippen molar-refractivity contribution in [1.29, 1.82) is 0 Å². The summed E-state index contributed by atoms with van der Waals surface area (Å²) in [5.74, 6) is 0.592. The number of carbonyl (C=O) groups excluding carboxylic acids is 1.